The molecule has 186 valence electrons. The molecule has 9 heteroatoms. The molecule has 4 heterocycles. The van der Waals surface area contributed by atoms with Crippen molar-refractivity contribution in [2.45, 2.75) is 32.2 Å². The number of pyridine rings is 1. The number of nitrogens with zero attached hydrogens (tertiary/aromatic N) is 3. The number of fused-ring (bicyclic) bond motifs is 1. The molecule has 37 heavy (non-hydrogen) atoms. The third kappa shape index (κ3) is 4.21. The average Bonchev–Trinajstić information content (AvgIpc) is 3.68. The summed E-state index contributed by atoms with van der Waals surface area (Å²) in [6.07, 6.45) is 3.33. The monoisotopic (exact) mass is 514 g/mol. The molecule has 3 N–H and O–H groups in total. The fourth-order valence-electron chi connectivity index (χ4n) is 4.96. The molecule has 0 saturated carbocycles. The van der Waals surface area contributed by atoms with Crippen LogP contribution in [0.2, 0.25) is 0 Å². The Labute approximate surface area is 216 Å². The Morgan fingerprint density at radius 2 is 2.00 bits per heavy atom. The Hall–Kier alpha value is -3.92. The maximum absolute atomic E-state index is 14.9. The van der Waals surface area contributed by atoms with Gasteiger partial charge in [-0.3, -0.25) is 9.78 Å². The molecule has 4 aromatic rings. The normalized spacial score (nSPS) is 16.6. The number of aromatic nitrogens is 1. The number of thiophene rings is 1. The predicted octanol–water partition coefficient (Wildman–Crippen LogP) is 4.74. The molecular formula is C28H23FN4O3S. The molecule has 1 amide bonds. The van der Waals surface area contributed by atoms with E-state index in [1.165, 1.54) is 45.7 Å². The number of nitrogens with one attached hydrogen (secondary N) is 1. The Morgan fingerprint density at radius 1 is 1.14 bits per heavy atom. The van der Waals surface area contributed by atoms with Crippen LogP contribution in [-0.2, 0) is 19.7 Å². The Bertz CT molecular complexity index is 1530. The van der Waals surface area contributed by atoms with Crippen LogP contribution in [0.15, 0.2) is 72.1 Å². The number of carbonyl (C=O) groups excluding carboxylic acids is 1. The fraction of sp³-hybridized carbons (Fsp3) is 0.179. The standard InChI is InChI=1S/C28H23FN4O3S/c29-21-5-2-6-24(35)27(21)23-10-22(18-9-16(15-34)11-30-13-18)32-33(23)28(36)26-8-7-25(37-26)19-4-1-3-17-12-31-14-20(17)19/h1-9,11,13,23,31,34-35H,10,12,14-15H2. The van der Waals surface area contributed by atoms with Crippen LogP contribution < -0.4 is 5.32 Å². The first-order valence-electron chi connectivity index (χ1n) is 11.9. The van der Waals surface area contributed by atoms with E-state index in [1.807, 2.05) is 12.1 Å². The van der Waals surface area contributed by atoms with Crippen molar-refractivity contribution in [2.24, 2.45) is 5.10 Å². The lowest BCUT2D eigenvalue weighted by atomic mass is 9.97. The van der Waals surface area contributed by atoms with E-state index in [-0.39, 0.29) is 30.2 Å². The minimum atomic E-state index is -0.836. The number of phenols is 1. The van der Waals surface area contributed by atoms with Crippen LogP contribution in [-0.4, -0.2) is 31.8 Å². The molecule has 7 nitrogen and oxygen atoms in total. The van der Waals surface area contributed by atoms with Crippen molar-refractivity contribution in [1.82, 2.24) is 15.3 Å². The van der Waals surface area contributed by atoms with Crippen LogP contribution in [0.25, 0.3) is 10.4 Å². The third-order valence-electron chi connectivity index (χ3n) is 6.76. The van der Waals surface area contributed by atoms with Gasteiger partial charge in [-0.25, -0.2) is 9.40 Å². The van der Waals surface area contributed by atoms with Crippen molar-refractivity contribution in [3.05, 3.63) is 106 Å². The first kappa shape index (κ1) is 23.5. The molecule has 6 rings (SSSR count). The number of aliphatic hydroxyl groups excluding tert-OH is 1. The van der Waals surface area contributed by atoms with Gasteiger partial charge in [-0.05, 0) is 52.6 Å². The van der Waals surface area contributed by atoms with Gasteiger partial charge in [-0.1, -0.05) is 24.3 Å². The van der Waals surface area contributed by atoms with E-state index >= 15 is 0 Å². The number of rotatable bonds is 5. The zero-order chi connectivity index (χ0) is 25.5. The minimum absolute atomic E-state index is 0.0182. The second-order valence-electron chi connectivity index (χ2n) is 9.04. The van der Waals surface area contributed by atoms with Crippen molar-refractivity contribution in [3.63, 3.8) is 0 Å². The fourth-order valence-corrected chi connectivity index (χ4v) is 5.95. The van der Waals surface area contributed by atoms with Gasteiger partial charge in [0.1, 0.15) is 11.6 Å². The molecule has 0 radical (unpaired) electrons. The van der Waals surface area contributed by atoms with E-state index in [0.717, 1.165) is 23.5 Å². The summed E-state index contributed by atoms with van der Waals surface area (Å²) >= 11 is 1.37. The van der Waals surface area contributed by atoms with Crippen molar-refractivity contribution >= 4 is 23.0 Å². The number of hydrogen-bond donors (Lipinski definition) is 3. The minimum Gasteiger partial charge on any atom is -0.507 e. The highest BCUT2D eigenvalue weighted by atomic mass is 32.1. The molecule has 1 atom stereocenters. The van der Waals surface area contributed by atoms with Gasteiger partial charge in [0.05, 0.1) is 28.8 Å². The first-order chi connectivity index (χ1) is 18.0. The van der Waals surface area contributed by atoms with Crippen LogP contribution in [0.4, 0.5) is 4.39 Å². The van der Waals surface area contributed by atoms with Crippen LogP contribution in [0.5, 0.6) is 5.75 Å². The van der Waals surface area contributed by atoms with Crippen LogP contribution >= 0.6 is 11.3 Å². The van der Waals surface area contributed by atoms with E-state index < -0.39 is 11.9 Å². The summed E-state index contributed by atoms with van der Waals surface area (Å²) in [6, 6.07) is 14.9. The molecule has 0 aliphatic carbocycles. The van der Waals surface area contributed by atoms with E-state index in [1.54, 1.807) is 24.5 Å². The summed E-state index contributed by atoms with van der Waals surface area (Å²) in [4.78, 5) is 19.4. The van der Waals surface area contributed by atoms with Crippen LogP contribution in [0.3, 0.4) is 0 Å². The number of amides is 1. The van der Waals surface area contributed by atoms with Gasteiger partial charge in [0.2, 0.25) is 0 Å². The predicted molar refractivity (Wildman–Crippen MR) is 139 cm³/mol. The molecule has 0 saturated heterocycles. The highest BCUT2D eigenvalue weighted by molar-refractivity contribution is 7.17. The smallest absolute Gasteiger partial charge is 0.284 e. The molecule has 0 bridgehead atoms. The maximum atomic E-state index is 14.9. The molecule has 2 aromatic carbocycles. The molecular weight excluding hydrogens is 491 g/mol. The lowest BCUT2D eigenvalue weighted by Crippen LogP contribution is -2.27. The Balaban J connectivity index is 1.39. The number of benzene rings is 2. The third-order valence-corrected chi connectivity index (χ3v) is 7.87. The van der Waals surface area contributed by atoms with Gasteiger partial charge in [0.15, 0.2) is 0 Å². The number of hydrogen-bond acceptors (Lipinski definition) is 7. The SMILES string of the molecule is O=C(c1ccc(-c2cccc3c2CNC3)s1)N1N=C(c2cncc(CO)c2)CC1c1c(O)cccc1F. The molecule has 2 aliphatic rings. The van der Waals surface area contributed by atoms with Crippen molar-refractivity contribution in [2.75, 3.05) is 0 Å². The van der Waals surface area contributed by atoms with Gasteiger partial charge in [-0.15, -0.1) is 11.3 Å². The average molecular weight is 515 g/mol. The van der Waals surface area contributed by atoms with Crippen LogP contribution in [0.1, 0.15) is 50.0 Å². The summed E-state index contributed by atoms with van der Waals surface area (Å²) in [5.41, 5.74) is 5.34. The van der Waals surface area contributed by atoms with Gasteiger partial charge < -0.3 is 15.5 Å². The van der Waals surface area contributed by atoms with Gasteiger partial charge in [0, 0.05) is 42.3 Å². The Morgan fingerprint density at radius 3 is 2.84 bits per heavy atom. The lowest BCUT2D eigenvalue weighted by Gasteiger charge is -2.22. The number of carbonyl (C=O) groups is 1. The van der Waals surface area contributed by atoms with Gasteiger partial charge in [-0.2, -0.15) is 5.10 Å². The highest BCUT2D eigenvalue weighted by Gasteiger charge is 2.37. The van der Waals surface area contributed by atoms with E-state index in [0.29, 0.717) is 21.7 Å². The number of halogens is 1. The summed E-state index contributed by atoms with van der Waals surface area (Å²) in [6.45, 7) is 1.42. The summed E-state index contributed by atoms with van der Waals surface area (Å²) in [5.74, 6) is -1.22. The zero-order valence-electron chi connectivity index (χ0n) is 19.7. The number of hydrazone groups is 1. The molecule has 2 aliphatic heterocycles. The molecule has 0 spiro atoms. The summed E-state index contributed by atoms with van der Waals surface area (Å²) < 4.78 is 14.9. The molecule has 0 fully saturated rings. The van der Waals surface area contributed by atoms with E-state index in [4.69, 9.17) is 0 Å². The van der Waals surface area contributed by atoms with E-state index in [9.17, 15) is 19.4 Å². The number of phenolic OH excluding ortho intramolecular Hbond substituents is 1. The highest BCUT2D eigenvalue weighted by Crippen LogP contribution is 2.41. The van der Waals surface area contributed by atoms with Gasteiger partial charge in [0.25, 0.3) is 5.91 Å². The van der Waals surface area contributed by atoms with E-state index in [2.05, 4.69) is 27.5 Å². The number of aromatic hydroxyl groups is 1. The largest absolute Gasteiger partial charge is 0.507 e. The van der Waals surface area contributed by atoms with Crippen molar-refractivity contribution < 1.29 is 19.4 Å². The summed E-state index contributed by atoms with van der Waals surface area (Å²) in [7, 11) is 0. The Kier molecular flexibility index (Phi) is 6.03. The summed E-state index contributed by atoms with van der Waals surface area (Å²) in [5, 5.41) is 29.3. The number of aliphatic hydroxyl groups is 1. The first-order valence-corrected chi connectivity index (χ1v) is 12.7. The maximum Gasteiger partial charge on any atom is 0.284 e. The zero-order valence-corrected chi connectivity index (χ0v) is 20.5. The van der Waals surface area contributed by atoms with Crippen molar-refractivity contribution in [3.8, 4) is 16.2 Å². The van der Waals surface area contributed by atoms with Crippen LogP contribution in [0, 0.1) is 5.82 Å². The lowest BCUT2D eigenvalue weighted by molar-refractivity contribution is 0.0712. The second-order valence-corrected chi connectivity index (χ2v) is 10.1. The quantitative estimate of drug-likeness (QED) is 0.357. The topological polar surface area (TPSA) is 98.1 Å². The van der Waals surface area contributed by atoms with Gasteiger partial charge >= 0.3 is 0 Å². The molecule has 2 aromatic heterocycles. The van der Waals surface area contributed by atoms with Crippen molar-refractivity contribution in [1.29, 1.82) is 0 Å². The molecule has 1 unspecified atom stereocenters. The second kappa shape index (κ2) is 9.51.